The highest BCUT2D eigenvalue weighted by molar-refractivity contribution is 6.00. The van der Waals surface area contributed by atoms with E-state index in [-0.39, 0.29) is 30.6 Å². The van der Waals surface area contributed by atoms with E-state index in [9.17, 15) is 14.0 Å². The molecule has 172 valence electrons. The van der Waals surface area contributed by atoms with Gasteiger partial charge in [0.25, 0.3) is 0 Å². The maximum Gasteiger partial charge on any atom is 0.227 e. The Labute approximate surface area is 191 Å². The van der Waals surface area contributed by atoms with Crippen LogP contribution in [0.3, 0.4) is 0 Å². The fourth-order valence-electron chi connectivity index (χ4n) is 3.75. The largest absolute Gasteiger partial charge is 0.367 e. The van der Waals surface area contributed by atoms with E-state index in [0.29, 0.717) is 30.4 Å². The maximum absolute atomic E-state index is 13.1. The molecule has 1 fully saturated rings. The molecule has 1 atom stereocenters. The third-order valence-electron chi connectivity index (χ3n) is 5.89. The van der Waals surface area contributed by atoms with Crippen molar-refractivity contribution in [2.24, 2.45) is 5.92 Å². The Morgan fingerprint density at radius 3 is 2.48 bits per heavy atom. The van der Waals surface area contributed by atoms with Crippen molar-refractivity contribution in [3.63, 3.8) is 0 Å². The molecule has 2 N–H and O–H groups in total. The van der Waals surface area contributed by atoms with E-state index >= 15 is 0 Å². The van der Waals surface area contributed by atoms with Gasteiger partial charge < -0.3 is 15.5 Å². The number of benzene rings is 1. The van der Waals surface area contributed by atoms with E-state index in [2.05, 4.69) is 25.9 Å². The summed E-state index contributed by atoms with van der Waals surface area (Å²) in [6.45, 7) is 7.08. The lowest BCUT2D eigenvalue weighted by atomic mass is 10.1. The molecule has 9 nitrogen and oxygen atoms in total. The number of hydrogen-bond donors (Lipinski definition) is 2. The van der Waals surface area contributed by atoms with Crippen molar-refractivity contribution < 1.29 is 14.0 Å². The number of carbonyl (C=O) groups excluding carboxylic acids is 2. The lowest BCUT2D eigenvalue weighted by Crippen LogP contribution is -2.35. The first-order chi connectivity index (χ1) is 15.8. The highest BCUT2D eigenvalue weighted by atomic mass is 19.1. The van der Waals surface area contributed by atoms with Gasteiger partial charge in [0, 0.05) is 37.4 Å². The van der Waals surface area contributed by atoms with E-state index < -0.39 is 5.92 Å². The Balaban J connectivity index is 1.24. The lowest BCUT2D eigenvalue weighted by molar-refractivity contribution is -0.126. The fraction of sp³-hybridized carbons (Fsp3) is 0.348. The predicted octanol–water partition coefficient (Wildman–Crippen LogP) is 2.31. The molecule has 3 aromatic rings. The first-order valence-electron chi connectivity index (χ1n) is 10.8. The zero-order valence-electron chi connectivity index (χ0n) is 18.8. The third-order valence-corrected chi connectivity index (χ3v) is 5.89. The minimum Gasteiger partial charge on any atom is -0.367 e. The molecular formula is C23H26FN7O2. The van der Waals surface area contributed by atoms with Crippen molar-refractivity contribution >= 4 is 23.3 Å². The van der Waals surface area contributed by atoms with Crippen molar-refractivity contribution in [1.82, 2.24) is 25.3 Å². The smallest absolute Gasteiger partial charge is 0.227 e. The van der Waals surface area contributed by atoms with Gasteiger partial charge in [-0.25, -0.2) is 9.07 Å². The van der Waals surface area contributed by atoms with Crippen LogP contribution in [-0.2, 0) is 9.59 Å². The Bertz CT molecular complexity index is 1160. The van der Waals surface area contributed by atoms with Gasteiger partial charge in [0.15, 0.2) is 5.82 Å². The molecule has 2 aromatic heterocycles. The Kier molecular flexibility index (Phi) is 6.34. The van der Waals surface area contributed by atoms with Gasteiger partial charge in [-0.3, -0.25) is 9.59 Å². The summed E-state index contributed by atoms with van der Waals surface area (Å²) in [5.74, 6) is 0.0900. The minimum atomic E-state index is -0.439. The molecule has 0 saturated carbocycles. The third kappa shape index (κ3) is 4.84. The molecule has 2 amide bonds. The number of halogens is 1. The molecule has 1 unspecified atom stereocenters. The van der Waals surface area contributed by atoms with Gasteiger partial charge in [-0.2, -0.15) is 5.10 Å². The summed E-state index contributed by atoms with van der Waals surface area (Å²) < 4.78 is 14.9. The summed E-state index contributed by atoms with van der Waals surface area (Å²) in [5, 5.41) is 18.8. The van der Waals surface area contributed by atoms with Crippen molar-refractivity contribution in [3.05, 3.63) is 59.2 Å². The van der Waals surface area contributed by atoms with Crippen LogP contribution >= 0.6 is 0 Å². The molecular weight excluding hydrogens is 425 g/mol. The van der Waals surface area contributed by atoms with Crippen LogP contribution in [0.4, 0.5) is 15.9 Å². The standard InChI is InChI=1S/C23H26FN7O2/c1-14-15(2)29-31(16(14)3)21-9-8-20(27-28-21)25-10-11-26-23(33)17-12-22(32)30(13-17)19-6-4-18(24)5-7-19/h4-9,17H,10-13H2,1-3H3,(H,25,27)(H,26,33). The number of aromatic nitrogens is 4. The molecule has 4 rings (SSSR count). The second kappa shape index (κ2) is 9.35. The number of nitrogens with one attached hydrogen (secondary N) is 2. The highest BCUT2D eigenvalue weighted by Gasteiger charge is 2.34. The van der Waals surface area contributed by atoms with Crippen LogP contribution in [0.5, 0.6) is 0 Å². The highest BCUT2D eigenvalue weighted by Crippen LogP contribution is 2.25. The fourth-order valence-corrected chi connectivity index (χ4v) is 3.75. The summed E-state index contributed by atoms with van der Waals surface area (Å²) >= 11 is 0. The molecule has 0 aliphatic carbocycles. The second-order valence-electron chi connectivity index (χ2n) is 8.08. The molecule has 0 bridgehead atoms. The summed E-state index contributed by atoms with van der Waals surface area (Å²) in [6, 6.07) is 9.33. The molecule has 1 aliphatic rings. The summed E-state index contributed by atoms with van der Waals surface area (Å²) in [7, 11) is 0. The van der Waals surface area contributed by atoms with E-state index in [1.165, 1.54) is 17.0 Å². The molecule has 1 aliphatic heterocycles. The zero-order valence-corrected chi connectivity index (χ0v) is 18.8. The van der Waals surface area contributed by atoms with Crippen LogP contribution < -0.4 is 15.5 Å². The van der Waals surface area contributed by atoms with Crippen LogP contribution in [0, 0.1) is 32.5 Å². The van der Waals surface area contributed by atoms with Crippen molar-refractivity contribution in [2.75, 3.05) is 29.9 Å². The van der Waals surface area contributed by atoms with E-state index in [4.69, 9.17) is 0 Å². The van der Waals surface area contributed by atoms with Gasteiger partial charge in [-0.15, -0.1) is 10.2 Å². The minimum absolute atomic E-state index is 0.134. The first kappa shape index (κ1) is 22.4. The number of aryl methyl sites for hydroxylation is 1. The van der Waals surface area contributed by atoms with Gasteiger partial charge in [0.1, 0.15) is 11.6 Å². The SMILES string of the molecule is Cc1nn(-c2ccc(NCCNC(=O)C3CC(=O)N(c4ccc(F)cc4)C3)nn2)c(C)c1C. The van der Waals surface area contributed by atoms with Crippen LogP contribution in [0.1, 0.15) is 23.4 Å². The van der Waals surface area contributed by atoms with Crippen LogP contribution in [0.15, 0.2) is 36.4 Å². The van der Waals surface area contributed by atoms with E-state index in [1.54, 1.807) is 16.8 Å². The number of anilines is 2. The van der Waals surface area contributed by atoms with Crippen molar-refractivity contribution in [2.45, 2.75) is 27.2 Å². The first-order valence-corrected chi connectivity index (χ1v) is 10.8. The van der Waals surface area contributed by atoms with Gasteiger partial charge in [-0.05, 0) is 62.7 Å². The summed E-state index contributed by atoms with van der Waals surface area (Å²) in [6.07, 6.45) is 0.134. The predicted molar refractivity (Wildman–Crippen MR) is 122 cm³/mol. The number of carbonyl (C=O) groups is 2. The number of rotatable bonds is 7. The summed E-state index contributed by atoms with van der Waals surface area (Å²) in [5.41, 5.74) is 3.70. The van der Waals surface area contributed by atoms with E-state index in [1.807, 2.05) is 32.9 Å². The number of hydrogen-bond acceptors (Lipinski definition) is 6. The molecule has 3 heterocycles. The van der Waals surface area contributed by atoms with Gasteiger partial charge >= 0.3 is 0 Å². The van der Waals surface area contributed by atoms with Crippen LogP contribution in [0.25, 0.3) is 5.82 Å². The lowest BCUT2D eigenvalue weighted by Gasteiger charge is -2.16. The Morgan fingerprint density at radius 1 is 1.09 bits per heavy atom. The zero-order chi connectivity index (χ0) is 23.5. The topological polar surface area (TPSA) is 105 Å². The Morgan fingerprint density at radius 2 is 1.85 bits per heavy atom. The molecule has 10 heteroatoms. The molecule has 33 heavy (non-hydrogen) atoms. The summed E-state index contributed by atoms with van der Waals surface area (Å²) in [4.78, 5) is 26.3. The monoisotopic (exact) mass is 451 g/mol. The average Bonchev–Trinajstić information content (AvgIpc) is 3.32. The average molecular weight is 452 g/mol. The van der Waals surface area contributed by atoms with E-state index in [0.717, 1.165) is 17.0 Å². The number of amides is 2. The Hall–Kier alpha value is -3.82. The quantitative estimate of drug-likeness (QED) is 0.534. The molecule has 0 spiro atoms. The van der Waals surface area contributed by atoms with Gasteiger partial charge in [-0.1, -0.05) is 0 Å². The van der Waals surface area contributed by atoms with Crippen molar-refractivity contribution in [3.8, 4) is 5.82 Å². The van der Waals surface area contributed by atoms with Gasteiger partial charge in [0.2, 0.25) is 11.8 Å². The van der Waals surface area contributed by atoms with Crippen LogP contribution in [-0.4, -0.2) is 51.4 Å². The molecule has 1 aromatic carbocycles. The van der Waals surface area contributed by atoms with Gasteiger partial charge in [0.05, 0.1) is 11.6 Å². The molecule has 1 saturated heterocycles. The van der Waals surface area contributed by atoms with Crippen LogP contribution in [0.2, 0.25) is 0 Å². The molecule has 0 radical (unpaired) electrons. The number of nitrogens with zero attached hydrogens (tertiary/aromatic N) is 5. The second-order valence-corrected chi connectivity index (χ2v) is 8.08. The normalized spacial score (nSPS) is 15.7. The maximum atomic E-state index is 13.1. The van der Waals surface area contributed by atoms with Crippen molar-refractivity contribution in [1.29, 1.82) is 0 Å².